The van der Waals surface area contributed by atoms with Crippen molar-refractivity contribution < 1.29 is 0 Å². The topological polar surface area (TPSA) is 35.8 Å². The van der Waals surface area contributed by atoms with Crippen molar-refractivity contribution in [2.45, 2.75) is 19.4 Å². The van der Waals surface area contributed by atoms with Gasteiger partial charge in [0.15, 0.2) is 0 Å². The van der Waals surface area contributed by atoms with E-state index in [2.05, 4.69) is 42.6 Å². The third kappa shape index (κ3) is 2.64. The second kappa shape index (κ2) is 5.47. The minimum Gasteiger partial charge on any atom is -0.298 e. The van der Waals surface area contributed by atoms with E-state index >= 15 is 0 Å². The lowest BCUT2D eigenvalue weighted by atomic mass is 10.0. The van der Waals surface area contributed by atoms with Crippen molar-refractivity contribution in [2.24, 2.45) is 0 Å². The summed E-state index contributed by atoms with van der Waals surface area (Å²) in [5.41, 5.74) is 1.04. The molecule has 0 amide bonds. The van der Waals surface area contributed by atoms with Crippen LogP contribution in [0.1, 0.15) is 24.9 Å². The number of nitrogens with one attached hydrogen (secondary N) is 1. The number of nitrogens with zero attached hydrogens (tertiary/aromatic N) is 1. The van der Waals surface area contributed by atoms with Crippen LogP contribution in [0.25, 0.3) is 10.8 Å². The van der Waals surface area contributed by atoms with Crippen molar-refractivity contribution in [3.8, 4) is 6.07 Å². The molecular formula is C15H16N2. The first-order chi connectivity index (χ1) is 8.35. The molecule has 1 atom stereocenters. The number of fused-ring (bicyclic) bond motifs is 1. The fourth-order valence-electron chi connectivity index (χ4n) is 1.91. The van der Waals surface area contributed by atoms with E-state index in [0.717, 1.165) is 18.5 Å². The Morgan fingerprint density at radius 2 is 1.94 bits per heavy atom. The van der Waals surface area contributed by atoms with E-state index < -0.39 is 0 Å². The Morgan fingerprint density at radius 3 is 2.65 bits per heavy atom. The van der Waals surface area contributed by atoms with E-state index in [1.807, 2.05) is 18.2 Å². The van der Waals surface area contributed by atoms with Crippen LogP contribution in [0.3, 0.4) is 0 Å². The van der Waals surface area contributed by atoms with Crippen molar-refractivity contribution in [3.63, 3.8) is 0 Å². The predicted octanol–water partition coefficient (Wildman–Crippen LogP) is 3.40. The van der Waals surface area contributed by atoms with Gasteiger partial charge >= 0.3 is 0 Å². The van der Waals surface area contributed by atoms with Crippen molar-refractivity contribution in [2.75, 3.05) is 6.54 Å². The van der Waals surface area contributed by atoms with Crippen LogP contribution in [0.15, 0.2) is 42.5 Å². The van der Waals surface area contributed by atoms with Gasteiger partial charge in [0.2, 0.25) is 0 Å². The third-order valence-electron chi connectivity index (χ3n) is 2.83. The summed E-state index contributed by atoms with van der Waals surface area (Å²) < 4.78 is 0. The van der Waals surface area contributed by atoms with E-state index in [1.54, 1.807) is 0 Å². The second-order valence-corrected chi connectivity index (χ2v) is 4.12. The van der Waals surface area contributed by atoms with Crippen LogP contribution in [0, 0.1) is 11.3 Å². The van der Waals surface area contributed by atoms with Crippen molar-refractivity contribution in [1.82, 2.24) is 5.32 Å². The molecule has 0 spiro atoms. The average molecular weight is 224 g/mol. The lowest BCUT2D eigenvalue weighted by molar-refractivity contribution is 0.622. The van der Waals surface area contributed by atoms with Gasteiger partial charge < -0.3 is 0 Å². The monoisotopic (exact) mass is 224 g/mol. The number of benzene rings is 2. The van der Waals surface area contributed by atoms with E-state index in [-0.39, 0.29) is 6.04 Å². The molecule has 0 fully saturated rings. The average Bonchev–Trinajstić information content (AvgIpc) is 2.39. The maximum Gasteiger partial charge on any atom is 0.121 e. The van der Waals surface area contributed by atoms with Crippen LogP contribution < -0.4 is 5.32 Å². The maximum absolute atomic E-state index is 9.17. The summed E-state index contributed by atoms with van der Waals surface area (Å²) in [5, 5.41) is 14.8. The molecule has 0 aliphatic carbocycles. The minimum absolute atomic E-state index is 0.209. The Labute approximate surface area is 102 Å². The Bertz CT molecular complexity index is 540. The first-order valence-electron chi connectivity index (χ1n) is 5.97. The van der Waals surface area contributed by atoms with E-state index in [4.69, 9.17) is 5.26 Å². The summed E-state index contributed by atoms with van der Waals surface area (Å²) in [6.07, 6.45) is 1.03. The first-order valence-corrected chi connectivity index (χ1v) is 5.97. The Kier molecular flexibility index (Phi) is 3.74. The zero-order chi connectivity index (χ0) is 12.1. The van der Waals surface area contributed by atoms with Gasteiger partial charge in [0.25, 0.3) is 0 Å². The highest BCUT2D eigenvalue weighted by molar-refractivity contribution is 5.83. The lowest BCUT2D eigenvalue weighted by Crippen LogP contribution is -2.20. The fraction of sp³-hybridized carbons (Fsp3) is 0.267. The van der Waals surface area contributed by atoms with Gasteiger partial charge in [-0.25, -0.2) is 0 Å². The minimum atomic E-state index is -0.209. The second-order valence-electron chi connectivity index (χ2n) is 4.12. The summed E-state index contributed by atoms with van der Waals surface area (Å²) >= 11 is 0. The van der Waals surface area contributed by atoms with Gasteiger partial charge in [-0.2, -0.15) is 5.26 Å². The third-order valence-corrected chi connectivity index (χ3v) is 2.83. The Hall–Kier alpha value is -1.85. The zero-order valence-corrected chi connectivity index (χ0v) is 9.98. The molecule has 1 N–H and O–H groups in total. The number of nitriles is 1. The van der Waals surface area contributed by atoms with Gasteiger partial charge in [-0.3, -0.25) is 5.32 Å². The fourth-order valence-corrected chi connectivity index (χ4v) is 1.91. The largest absolute Gasteiger partial charge is 0.298 e. The zero-order valence-electron chi connectivity index (χ0n) is 9.98. The smallest absolute Gasteiger partial charge is 0.121 e. The van der Waals surface area contributed by atoms with Gasteiger partial charge in [-0.1, -0.05) is 43.3 Å². The number of hydrogen-bond donors (Lipinski definition) is 1. The van der Waals surface area contributed by atoms with Crippen LogP contribution in [0.5, 0.6) is 0 Å². The molecule has 0 saturated heterocycles. The molecule has 1 unspecified atom stereocenters. The summed E-state index contributed by atoms with van der Waals surface area (Å²) in [4.78, 5) is 0. The van der Waals surface area contributed by atoms with Crippen molar-refractivity contribution in [3.05, 3.63) is 48.0 Å². The van der Waals surface area contributed by atoms with Gasteiger partial charge in [-0.15, -0.1) is 0 Å². The number of hydrogen-bond acceptors (Lipinski definition) is 2. The van der Waals surface area contributed by atoms with Gasteiger partial charge in [0.05, 0.1) is 6.07 Å². The van der Waals surface area contributed by atoms with E-state index in [9.17, 15) is 0 Å². The number of rotatable bonds is 4. The van der Waals surface area contributed by atoms with Gasteiger partial charge in [0.1, 0.15) is 6.04 Å². The molecule has 0 aromatic heterocycles. The quantitative estimate of drug-likeness (QED) is 0.864. The molecule has 2 aromatic carbocycles. The molecule has 2 heteroatoms. The standard InChI is InChI=1S/C15H16N2/c1-2-9-17-15(11-16)14-8-7-12-5-3-4-6-13(12)10-14/h3-8,10,15,17H,2,9H2,1H3. The highest BCUT2D eigenvalue weighted by Gasteiger charge is 2.09. The molecule has 0 heterocycles. The lowest BCUT2D eigenvalue weighted by Gasteiger charge is -2.11. The predicted molar refractivity (Wildman–Crippen MR) is 70.6 cm³/mol. The molecule has 86 valence electrons. The van der Waals surface area contributed by atoms with Crippen LogP contribution in [-0.2, 0) is 0 Å². The molecule has 0 saturated carbocycles. The highest BCUT2D eigenvalue weighted by atomic mass is 14.9. The van der Waals surface area contributed by atoms with Crippen LogP contribution >= 0.6 is 0 Å². The molecule has 2 rings (SSSR count). The van der Waals surface area contributed by atoms with Crippen molar-refractivity contribution in [1.29, 1.82) is 5.26 Å². The molecule has 0 aliphatic rings. The van der Waals surface area contributed by atoms with Crippen molar-refractivity contribution >= 4 is 10.8 Å². The molecule has 2 nitrogen and oxygen atoms in total. The normalized spacial score (nSPS) is 12.2. The van der Waals surface area contributed by atoms with Crippen LogP contribution in [-0.4, -0.2) is 6.54 Å². The summed E-state index contributed by atoms with van der Waals surface area (Å²) in [5.74, 6) is 0. The summed E-state index contributed by atoms with van der Waals surface area (Å²) in [6, 6.07) is 16.5. The molecule has 17 heavy (non-hydrogen) atoms. The van der Waals surface area contributed by atoms with Crippen LogP contribution in [0.4, 0.5) is 0 Å². The molecule has 0 aliphatic heterocycles. The first kappa shape index (κ1) is 11.6. The SMILES string of the molecule is CCCNC(C#N)c1ccc2ccccc2c1. The van der Waals surface area contributed by atoms with Gasteiger partial charge in [0, 0.05) is 0 Å². The van der Waals surface area contributed by atoms with Crippen LogP contribution in [0.2, 0.25) is 0 Å². The molecule has 2 aromatic rings. The maximum atomic E-state index is 9.17. The molecule has 0 radical (unpaired) electrons. The van der Waals surface area contributed by atoms with E-state index in [0.29, 0.717) is 0 Å². The Balaban J connectivity index is 2.31. The Morgan fingerprint density at radius 1 is 1.18 bits per heavy atom. The molecule has 0 bridgehead atoms. The molecular weight excluding hydrogens is 208 g/mol. The summed E-state index contributed by atoms with van der Waals surface area (Å²) in [7, 11) is 0. The van der Waals surface area contributed by atoms with Gasteiger partial charge in [-0.05, 0) is 35.4 Å². The summed E-state index contributed by atoms with van der Waals surface area (Å²) in [6.45, 7) is 2.97. The van der Waals surface area contributed by atoms with E-state index in [1.165, 1.54) is 10.8 Å². The highest BCUT2D eigenvalue weighted by Crippen LogP contribution is 2.20.